The largest absolute Gasteiger partial charge is 0.493 e. The van der Waals surface area contributed by atoms with E-state index in [2.05, 4.69) is 4.99 Å². The molecule has 0 radical (unpaired) electrons. The smallest absolute Gasteiger partial charge is 0.128 e. The molecule has 0 atom stereocenters. The van der Waals surface area contributed by atoms with Crippen LogP contribution in [0.4, 0.5) is 0 Å². The van der Waals surface area contributed by atoms with E-state index in [9.17, 15) is 0 Å². The summed E-state index contributed by atoms with van der Waals surface area (Å²) in [6.07, 6.45) is 2.89. The summed E-state index contributed by atoms with van der Waals surface area (Å²) in [5, 5.41) is 0. The van der Waals surface area contributed by atoms with Gasteiger partial charge < -0.3 is 4.74 Å². The third-order valence-electron chi connectivity index (χ3n) is 1.84. The topological polar surface area (TPSA) is 21.6 Å². The maximum absolute atomic E-state index is 5.54. The van der Waals surface area contributed by atoms with E-state index in [4.69, 9.17) is 4.74 Å². The van der Waals surface area contributed by atoms with Gasteiger partial charge >= 0.3 is 0 Å². The Morgan fingerprint density at radius 3 is 3.17 bits per heavy atom. The zero-order chi connectivity index (χ0) is 8.23. The molecule has 2 heteroatoms. The van der Waals surface area contributed by atoms with Gasteiger partial charge in [0.05, 0.1) is 6.61 Å². The molecule has 0 N–H and O–H groups in total. The SMILES string of the molecule is C1=N\CCCOc2ccccc2/1. The summed E-state index contributed by atoms with van der Waals surface area (Å²) < 4.78 is 5.54. The lowest BCUT2D eigenvalue weighted by atomic mass is 10.2. The summed E-state index contributed by atoms with van der Waals surface area (Å²) in [6, 6.07) is 7.97. The molecule has 1 heterocycles. The minimum atomic E-state index is 0.772. The Labute approximate surface area is 71.9 Å². The minimum Gasteiger partial charge on any atom is -0.493 e. The van der Waals surface area contributed by atoms with Gasteiger partial charge in [0.1, 0.15) is 5.75 Å². The number of nitrogens with zero attached hydrogens (tertiary/aromatic N) is 1. The minimum absolute atomic E-state index is 0.772. The van der Waals surface area contributed by atoms with Gasteiger partial charge in [-0.1, -0.05) is 12.1 Å². The standard InChI is InChI=1S/C10H11NO/c1-2-5-10-9(4-1)8-11-6-3-7-12-10/h1-2,4-5,8H,3,6-7H2/b11-8-. The maximum atomic E-state index is 5.54. The monoisotopic (exact) mass is 161 g/mol. The van der Waals surface area contributed by atoms with Crippen LogP contribution in [0.15, 0.2) is 29.3 Å². The van der Waals surface area contributed by atoms with E-state index in [-0.39, 0.29) is 0 Å². The van der Waals surface area contributed by atoms with E-state index >= 15 is 0 Å². The number of hydrogen-bond acceptors (Lipinski definition) is 2. The van der Waals surface area contributed by atoms with Crippen molar-refractivity contribution in [2.75, 3.05) is 13.2 Å². The average molecular weight is 161 g/mol. The molecule has 0 aromatic heterocycles. The predicted molar refractivity (Wildman–Crippen MR) is 49.0 cm³/mol. The first-order chi connectivity index (χ1) is 5.97. The van der Waals surface area contributed by atoms with Crippen LogP contribution in [-0.4, -0.2) is 19.4 Å². The second kappa shape index (κ2) is 3.39. The summed E-state index contributed by atoms with van der Waals surface area (Å²) >= 11 is 0. The van der Waals surface area contributed by atoms with E-state index in [0.29, 0.717) is 0 Å². The average Bonchev–Trinajstić information content (AvgIpc) is 2.06. The molecule has 1 aromatic carbocycles. The van der Waals surface area contributed by atoms with Crippen LogP contribution >= 0.6 is 0 Å². The fourth-order valence-electron chi connectivity index (χ4n) is 1.22. The fourth-order valence-corrected chi connectivity index (χ4v) is 1.22. The lowest BCUT2D eigenvalue weighted by molar-refractivity contribution is 0.311. The van der Waals surface area contributed by atoms with Crippen molar-refractivity contribution < 1.29 is 4.74 Å². The molecule has 0 spiro atoms. The van der Waals surface area contributed by atoms with Crippen LogP contribution in [-0.2, 0) is 0 Å². The first-order valence-corrected chi connectivity index (χ1v) is 4.18. The molecule has 0 saturated heterocycles. The van der Waals surface area contributed by atoms with Gasteiger partial charge in [0, 0.05) is 24.7 Å². The predicted octanol–water partition coefficient (Wildman–Crippen LogP) is 1.89. The summed E-state index contributed by atoms with van der Waals surface area (Å²) in [7, 11) is 0. The molecular weight excluding hydrogens is 150 g/mol. The van der Waals surface area contributed by atoms with E-state index in [0.717, 1.165) is 30.9 Å². The Kier molecular flexibility index (Phi) is 2.08. The molecule has 0 unspecified atom stereocenters. The highest BCUT2D eigenvalue weighted by molar-refractivity contribution is 5.83. The highest BCUT2D eigenvalue weighted by Crippen LogP contribution is 2.16. The fraction of sp³-hybridized carbons (Fsp3) is 0.300. The van der Waals surface area contributed by atoms with Crippen LogP contribution in [0.2, 0.25) is 0 Å². The molecule has 12 heavy (non-hydrogen) atoms. The molecule has 2 rings (SSSR count). The Morgan fingerprint density at radius 1 is 1.25 bits per heavy atom. The number of fused-ring (bicyclic) bond motifs is 1. The van der Waals surface area contributed by atoms with Crippen molar-refractivity contribution in [1.82, 2.24) is 0 Å². The Bertz CT molecular complexity index is 294. The van der Waals surface area contributed by atoms with Gasteiger partial charge in [-0.05, 0) is 12.1 Å². The first-order valence-electron chi connectivity index (χ1n) is 4.18. The van der Waals surface area contributed by atoms with Crippen molar-refractivity contribution in [3.8, 4) is 5.75 Å². The van der Waals surface area contributed by atoms with Crippen LogP contribution in [0.3, 0.4) is 0 Å². The molecule has 0 fully saturated rings. The van der Waals surface area contributed by atoms with Crippen molar-refractivity contribution in [1.29, 1.82) is 0 Å². The Hall–Kier alpha value is -1.31. The number of para-hydroxylation sites is 1. The zero-order valence-electron chi connectivity index (χ0n) is 6.86. The second-order valence-corrected chi connectivity index (χ2v) is 2.78. The molecule has 62 valence electrons. The van der Waals surface area contributed by atoms with Gasteiger partial charge in [-0.25, -0.2) is 0 Å². The molecular formula is C10H11NO. The quantitative estimate of drug-likeness (QED) is 0.569. The lowest BCUT2D eigenvalue weighted by Crippen LogP contribution is -2.04. The van der Waals surface area contributed by atoms with Crippen LogP contribution in [0.1, 0.15) is 12.0 Å². The van der Waals surface area contributed by atoms with Crippen LogP contribution in [0, 0.1) is 0 Å². The van der Waals surface area contributed by atoms with Gasteiger partial charge in [0.15, 0.2) is 0 Å². The Morgan fingerprint density at radius 2 is 2.17 bits per heavy atom. The summed E-state index contributed by atoms with van der Waals surface area (Å²) in [5.41, 5.74) is 1.08. The van der Waals surface area contributed by atoms with Gasteiger partial charge in [-0.2, -0.15) is 0 Å². The molecule has 0 aliphatic carbocycles. The van der Waals surface area contributed by atoms with Crippen molar-refractivity contribution in [2.24, 2.45) is 4.99 Å². The number of ether oxygens (including phenoxy) is 1. The molecule has 0 amide bonds. The maximum Gasteiger partial charge on any atom is 0.128 e. The summed E-state index contributed by atoms with van der Waals surface area (Å²) in [6.45, 7) is 1.64. The molecule has 1 aliphatic heterocycles. The van der Waals surface area contributed by atoms with E-state index < -0.39 is 0 Å². The number of rotatable bonds is 0. The van der Waals surface area contributed by atoms with Crippen LogP contribution < -0.4 is 4.74 Å². The van der Waals surface area contributed by atoms with Gasteiger partial charge in [-0.3, -0.25) is 4.99 Å². The molecule has 2 nitrogen and oxygen atoms in total. The normalized spacial score (nSPS) is 18.3. The van der Waals surface area contributed by atoms with Crippen LogP contribution in [0.25, 0.3) is 0 Å². The van der Waals surface area contributed by atoms with Crippen molar-refractivity contribution in [2.45, 2.75) is 6.42 Å². The molecule has 0 saturated carbocycles. The van der Waals surface area contributed by atoms with Crippen molar-refractivity contribution >= 4 is 6.21 Å². The first kappa shape index (κ1) is 7.35. The van der Waals surface area contributed by atoms with Crippen molar-refractivity contribution in [3.05, 3.63) is 29.8 Å². The highest BCUT2D eigenvalue weighted by Gasteiger charge is 2.01. The molecule has 0 bridgehead atoms. The number of aliphatic imine (C=N–C) groups is 1. The Balaban J connectivity index is 2.36. The highest BCUT2D eigenvalue weighted by atomic mass is 16.5. The van der Waals surface area contributed by atoms with E-state index in [1.165, 1.54) is 0 Å². The van der Waals surface area contributed by atoms with Gasteiger partial charge in [0.2, 0.25) is 0 Å². The second-order valence-electron chi connectivity index (χ2n) is 2.78. The molecule has 1 aliphatic rings. The third-order valence-corrected chi connectivity index (χ3v) is 1.84. The lowest BCUT2D eigenvalue weighted by Gasteiger charge is -2.10. The summed E-state index contributed by atoms with van der Waals surface area (Å²) in [4.78, 5) is 4.27. The zero-order valence-corrected chi connectivity index (χ0v) is 6.86. The van der Waals surface area contributed by atoms with Gasteiger partial charge in [-0.15, -0.1) is 0 Å². The number of hydrogen-bond donors (Lipinski definition) is 0. The summed E-state index contributed by atoms with van der Waals surface area (Å²) in [5.74, 6) is 0.945. The third kappa shape index (κ3) is 1.47. The molecule has 1 aromatic rings. The van der Waals surface area contributed by atoms with Gasteiger partial charge in [0.25, 0.3) is 0 Å². The van der Waals surface area contributed by atoms with Crippen molar-refractivity contribution in [3.63, 3.8) is 0 Å². The van der Waals surface area contributed by atoms with E-state index in [1.807, 2.05) is 30.5 Å². The number of benzene rings is 1. The van der Waals surface area contributed by atoms with Crippen LogP contribution in [0.5, 0.6) is 5.75 Å². The van der Waals surface area contributed by atoms with E-state index in [1.54, 1.807) is 0 Å².